The summed E-state index contributed by atoms with van der Waals surface area (Å²) in [5, 5.41) is 5.15. The van der Waals surface area contributed by atoms with Crippen molar-refractivity contribution in [3.8, 4) is 5.75 Å². The first-order valence-corrected chi connectivity index (χ1v) is 6.72. The fourth-order valence-electron chi connectivity index (χ4n) is 2.41. The SMILES string of the molecule is COc1ccc2c(c1)[cH-]c1ccccc12.[C-]1=CC=CC1.[Cl-].[Cl-].[Zr+4]. The molecule has 0 aliphatic heterocycles. The van der Waals surface area contributed by atoms with Crippen LogP contribution in [0.1, 0.15) is 6.42 Å². The Morgan fingerprint density at radius 1 is 1.00 bits per heavy atom. The van der Waals surface area contributed by atoms with E-state index in [0.29, 0.717) is 0 Å². The van der Waals surface area contributed by atoms with Gasteiger partial charge >= 0.3 is 26.2 Å². The Morgan fingerprint density at radius 2 is 1.74 bits per heavy atom. The molecular weight excluding hydrogens is 406 g/mol. The molecule has 23 heavy (non-hydrogen) atoms. The van der Waals surface area contributed by atoms with E-state index in [-0.39, 0.29) is 51.0 Å². The Bertz CT molecular complexity index is 780. The molecule has 3 aromatic rings. The number of benzene rings is 2. The third-order valence-electron chi connectivity index (χ3n) is 3.41. The monoisotopic (exact) mass is 420 g/mol. The Hall–Kier alpha value is -0.947. The van der Waals surface area contributed by atoms with E-state index in [1.807, 2.05) is 18.2 Å². The summed E-state index contributed by atoms with van der Waals surface area (Å²) in [5.74, 6) is 0.915. The Kier molecular flexibility index (Phi) is 10.3. The van der Waals surface area contributed by atoms with Gasteiger partial charge < -0.3 is 29.6 Å². The van der Waals surface area contributed by atoms with Crippen LogP contribution in [0.25, 0.3) is 21.5 Å². The van der Waals surface area contributed by atoms with Crippen molar-refractivity contribution in [2.75, 3.05) is 7.11 Å². The van der Waals surface area contributed by atoms with E-state index in [1.165, 1.54) is 21.5 Å². The average Bonchev–Trinajstić information content (AvgIpc) is 3.17. The molecule has 0 bridgehead atoms. The summed E-state index contributed by atoms with van der Waals surface area (Å²) in [7, 11) is 1.70. The zero-order valence-corrected chi connectivity index (χ0v) is 16.7. The number of hydrogen-bond acceptors (Lipinski definition) is 1. The molecule has 0 amide bonds. The summed E-state index contributed by atoms with van der Waals surface area (Å²) in [6.45, 7) is 0. The summed E-state index contributed by atoms with van der Waals surface area (Å²) in [4.78, 5) is 0. The van der Waals surface area contributed by atoms with Crippen molar-refractivity contribution in [1.29, 1.82) is 0 Å². The van der Waals surface area contributed by atoms with Crippen LogP contribution in [0.4, 0.5) is 0 Å². The van der Waals surface area contributed by atoms with Crippen LogP contribution >= 0.6 is 0 Å². The van der Waals surface area contributed by atoms with Gasteiger partial charge in [0.25, 0.3) is 0 Å². The minimum atomic E-state index is 0. The third kappa shape index (κ3) is 5.28. The van der Waals surface area contributed by atoms with Gasteiger partial charge in [0.05, 0.1) is 12.9 Å². The van der Waals surface area contributed by atoms with Crippen molar-refractivity contribution >= 4 is 21.5 Å². The van der Waals surface area contributed by atoms with E-state index in [4.69, 9.17) is 4.74 Å². The summed E-state index contributed by atoms with van der Waals surface area (Å²) < 4.78 is 5.22. The van der Waals surface area contributed by atoms with Crippen LogP contribution in [0, 0.1) is 6.08 Å². The van der Waals surface area contributed by atoms with Crippen LogP contribution < -0.4 is 29.6 Å². The zero-order chi connectivity index (χ0) is 13.8. The zero-order valence-electron chi connectivity index (χ0n) is 12.7. The normalized spacial score (nSPS) is 11.0. The van der Waals surface area contributed by atoms with E-state index < -0.39 is 0 Å². The van der Waals surface area contributed by atoms with E-state index in [1.54, 1.807) is 7.11 Å². The molecule has 0 saturated heterocycles. The summed E-state index contributed by atoms with van der Waals surface area (Å²) in [6.07, 6.45) is 10.0. The minimum absolute atomic E-state index is 0. The van der Waals surface area contributed by atoms with Gasteiger partial charge in [0.15, 0.2) is 0 Å². The molecular formula is C19H16Cl2OZr. The van der Waals surface area contributed by atoms with Crippen LogP contribution in [0.3, 0.4) is 0 Å². The largest absolute Gasteiger partial charge is 4.00 e. The van der Waals surface area contributed by atoms with Crippen molar-refractivity contribution < 1.29 is 55.8 Å². The first-order valence-electron chi connectivity index (χ1n) is 6.72. The van der Waals surface area contributed by atoms with Crippen LogP contribution in [-0.2, 0) is 26.2 Å². The van der Waals surface area contributed by atoms with E-state index >= 15 is 0 Å². The molecule has 0 unspecified atom stereocenters. The molecule has 0 aromatic heterocycles. The third-order valence-corrected chi connectivity index (χ3v) is 3.41. The van der Waals surface area contributed by atoms with Crippen molar-refractivity contribution in [3.05, 3.63) is 72.8 Å². The molecule has 0 spiro atoms. The fraction of sp³-hybridized carbons (Fsp3) is 0.105. The number of fused-ring (bicyclic) bond motifs is 3. The molecule has 0 N–H and O–H groups in total. The number of methoxy groups -OCH3 is 1. The van der Waals surface area contributed by atoms with Gasteiger partial charge in [0, 0.05) is 0 Å². The predicted molar refractivity (Wildman–Crippen MR) is 85.2 cm³/mol. The first kappa shape index (κ1) is 22.1. The Morgan fingerprint density at radius 3 is 2.35 bits per heavy atom. The minimum Gasteiger partial charge on any atom is -1.00 e. The van der Waals surface area contributed by atoms with Gasteiger partial charge in [-0.05, 0) is 6.07 Å². The second kappa shape index (κ2) is 10.8. The molecule has 0 atom stereocenters. The molecule has 4 rings (SSSR count). The maximum absolute atomic E-state index is 5.22. The van der Waals surface area contributed by atoms with Gasteiger partial charge in [-0.1, -0.05) is 30.3 Å². The van der Waals surface area contributed by atoms with E-state index in [9.17, 15) is 0 Å². The van der Waals surface area contributed by atoms with Gasteiger partial charge in [-0.15, -0.1) is 40.1 Å². The number of rotatable bonds is 1. The van der Waals surface area contributed by atoms with Crippen LogP contribution in [-0.4, -0.2) is 7.11 Å². The quantitative estimate of drug-likeness (QED) is 0.459. The Balaban J connectivity index is 0.000000529. The van der Waals surface area contributed by atoms with Gasteiger partial charge in [-0.3, -0.25) is 6.08 Å². The molecule has 0 saturated carbocycles. The van der Waals surface area contributed by atoms with Crippen molar-refractivity contribution in [3.63, 3.8) is 0 Å². The number of allylic oxidation sites excluding steroid dienone is 4. The maximum atomic E-state index is 5.22. The van der Waals surface area contributed by atoms with Gasteiger partial charge in [0.2, 0.25) is 0 Å². The molecule has 4 heteroatoms. The molecule has 1 nitrogen and oxygen atoms in total. The molecule has 0 heterocycles. The summed E-state index contributed by atoms with van der Waals surface area (Å²) in [5.41, 5.74) is 0. The average molecular weight is 422 g/mol. The second-order valence-electron chi connectivity index (χ2n) is 4.69. The second-order valence-corrected chi connectivity index (χ2v) is 4.69. The van der Waals surface area contributed by atoms with E-state index in [2.05, 4.69) is 54.6 Å². The molecule has 3 aromatic carbocycles. The van der Waals surface area contributed by atoms with Crippen LogP contribution in [0.2, 0.25) is 0 Å². The van der Waals surface area contributed by atoms with Gasteiger partial charge in [-0.25, -0.2) is 12.2 Å². The van der Waals surface area contributed by atoms with Gasteiger partial charge in [-0.2, -0.15) is 6.08 Å². The van der Waals surface area contributed by atoms with Crippen molar-refractivity contribution in [1.82, 2.24) is 0 Å². The number of hydrogen-bond donors (Lipinski definition) is 0. The van der Waals surface area contributed by atoms with Crippen LogP contribution in [0.15, 0.2) is 66.8 Å². The first-order chi connectivity index (χ1) is 9.88. The number of halogens is 2. The van der Waals surface area contributed by atoms with Crippen molar-refractivity contribution in [2.45, 2.75) is 6.42 Å². The molecule has 0 radical (unpaired) electrons. The van der Waals surface area contributed by atoms with E-state index in [0.717, 1.165) is 12.2 Å². The summed E-state index contributed by atoms with van der Waals surface area (Å²) in [6, 6.07) is 16.9. The molecule has 0 fully saturated rings. The number of ether oxygens (including phenoxy) is 1. The Labute approximate surface area is 168 Å². The van der Waals surface area contributed by atoms with Crippen molar-refractivity contribution in [2.24, 2.45) is 0 Å². The standard InChI is InChI=1S/C14H11O.C5H5.2ClH.Zr/c1-15-12-6-7-14-11(9-12)8-10-4-2-3-5-13(10)14;1-2-4-5-3-1;;;/h2-9H,1H3;1-3H,4H2;2*1H;/q2*-1;;;+4/p-2. The smallest absolute Gasteiger partial charge is 1.00 e. The molecule has 1 aliphatic rings. The van der Waals surface area contributed by atoms with Crippen LogP contribution in [0.5, 0.6) is 5.75 Å². The topological polar surface area (TPSA) is 9.23 Å². The summed E-state index contributed by atoms with van der Waals surface area (Å²) >= 11 is 0. The fourth-order valence-corrected chi connectivity index (χ4v) is 2.41. The van der Waals surface area contributed by atoms with Gasteiger partial charge in [0.1, 0.15) is 0 Å². The molecule has 1 aliphatic carbocycles. The predicted octanol–water partition coefficient (Wildman–Crippen LogP) is -0.968. The molecule has 116 valence electrons. The maximum Gasteiger partial charge on any atom is 4.00 e.